The van der Waals surface area contributed by atoms with Crippen LogP contribution in [-0.4, -0.2) is 37.0 Å². The Morgan fingerprint density at radius 3 is 2.25 bits per heavy atom. The van der Waals surface area contributed by atoms with Gasteiger partial charge in [0.2, 0.25) is 0 Å². The minimum absolute atomic E-state index is 0.386. The van der Waals surface area contributed by atoms with Crippen LogP contribution in [0, 0.1) is 5.92 Å². The first-order valence-electron chi connectivity index (χ1n) is 8.63. The number of ether oxygens (including phenoxy) is 1. The molecule has 0 spiro atoms. The Hall–Kier alpha value is -0.120. The van der Waals surface area contributed by atoms with Crippen molar-refractivity contribution in [3.05, 3.63) is 0 Å². The Kier molecular flexibility index (Phi) is 13.8. The van der Waals surface area contributed by atoms with Gasteiger partial charge in [0.05, 0.1) is 12.7 Å². The van der Waals surface area contributed by atoms with Crippen molar-refractivity contribution in [3.8, 4) is 0 Å². The molecule has 2 N–H and O–H groups in total. The maximum Gasteiger partial charge on any atom is 0.0897 e. The number of nitrogens with one attached hydrogen (secondary N) is 1. The lowest BCUT2D eigenvalue weighted by Gasteiger charge is -2.19. The van der Waals surface area contributed by atoms with E-state index in [1.54, 1.807) is 0 Å². The summed E-state index contributed by atoms with van der Waals surface area (Å²) >= 11 is 0. The molecule has 0 bridgehead atoms. The van der Waals surface area contributed by atoms with Crippen molar-refractivity contribution in [2.24, 2.45) is 5.92 Å². The average Bonchev–Trinajstić information content (AvgIpc) is 2.46. The van der Waals surface area contributed by atoms with Gasteiger partial charge in [0.1, 0.15) is 0 Å². The summed E-state index contributed by atoms with van der Waals surface area (Å²) in [6.07, 6.45) is 8.21. The number of hydrogen-bond acceptors (Lipinski definition) is 3. The number of rotatable bonds is 14. The molecule has 0 aliphatic rings. The van der Waals surface area contributed by atoms with E-state index in [-0.39, 0.29) is 6.10 Å². The van der Waals surface area contributed by atoms with Crippen LogP contribution in [0.25, 0.3) is 0 Å². The number of aliphatic hydroxyl groups is 1. The molecule has 3 unspecified atom stereocenters. The number of aliphatic hydroxyl groups excluding tert-OH is 1. The maximum atomic E-state index is 9.90. The molecule has 0 radical (unpaired) electrons. The summed E-state index contributed by atoms with van der Waals surface area (Å²) in [6.45, 7) is 10.7. The third kappa shape index (κ3) is 11.7. The zero-order valence-electron chi connectivity index (χ0n) is 14.2. The van der Waals surface area contributed by atoms with Crippen molar-refractivity contribution >= 4 is 0 Å². The van der Waals surface area contributed by atoms with Gasteiger partial charge in [-0.1, -0.05) is 52.9 Å². The highest BCUT2D eigenvalue weighted by Crippen LogP contribution is 2.12. The van der Waals surface area contributed by atoms with Crippen molar-refractivity contribution in [1.29, 1.82) is 0 Å². The van der Waals surface area contributed by atoms with Crippen LogP contribution >= 0.6 is 0 Å². The van der Waals surface area contributed by atoms with E-state index in [2.05, 4.69) is 33.0 Å². The molecule has 0 aromatic heterocycles. The van der Waals surface area contributed by atoms with E-state index >= 15 is 0 Å². The van der Waals surface area contributed by atoms with E-state index < -0.39 is 0 Å². The van der Waals surface area contributed by atoms with Gasteiger partial charge in [0.25, 0.3) is 0 Å². The fourth-order valence-corrected chi connectivity index (χ4v) is 2.28. The molecule has 0 aromatic rings. The van der Waals surface area contributed by atoms with Crippen LogP contribution in [0.4, 0.5) is 0 Å². The van der Waals surface area contributed by atoms with Gasteiger partial charge < -0.3 is 15.2 Å². The summed E-state index contributed by atoms with van der Waals surface area (Å²) in [7, 11) is 0. The van der Waals surface area contributed by atoms with Gasteiger partial charge in [-0.25, -0.2) is 0 Å². The van der Waals surface area contributed by atoms with E-state index in [1.807, 2.05) is 0 Å². The molecular formula is C17H37NO2. The van der Waals surface area contributed by atoms with Crippen LogP contribution in [0.5, 0.6) is 0 Å². The molecule has 0 fully saturated rings. The monoisotopic (exact) mass is 287 g/mol. The number of hydrogen-bond donors (Lipinski definition) is 2. The maximum absolute atomic E-state index is 9.90. The predicted molar refractivity (Wildman–Crippen MR) is 87.1 cm³/mol. The fraction of sp³-hybridized carbons (Fsp3) is 1.00. The zero-order chi connectivity index (χ0) is 15.2. The Bertz CT molecular complexity index is 199. The molecule has 0 heterocycles. The Morgan fingerprint density at radius 1 is 1.00 bits per heavy atom. The van der Waals surface area contributed by atoms with Gasteiger partial charge in [-0.2, -0.15) is 0 Å². The van der Waals surface area contributed by atoms with E-state index in [4.69, 9.17) is 4.74 Å². The second kappa shape index (κ2) is 13.8. The largest absolute Gasteiger partial charge is 0.389 e. The summed E-state index contributed by atoms with van der Waals surface area (Å²) in [5.74, 6) is 0.651. The smallest absolute Gasteiger partial charge is 0.0897 e. The topological polar surface area (TPSA) is 41.5 Å². The van der Waals surface area contributed by atoms with Crippen LogP contribution in [-0.2, 0) is 4.74 Å². The lowest BCUT2D eigenvalue weighted by molar-refractivity contribution is 0.0184. The minimum Gasteiger partial charge on any atom is -0.389 e. The third-order valence-electron chi connectivity index (χ3n) is 3.90. The molecule has 0 saturated carbocycles. The van der Waals surface area contributed by atoms with Gasteiger partial charge in [-0.3, -0.25) is 0 Å². The van der Waals surface area contributed by atoms with Crippen LogP contribution in [0.2, 0.25) is 0 Å². The van der Waals surface area contributed by atoms with Crippen LogP contribution in [0.1, 0.15) is 72.6 Å². The lowest BCUT2D eigenvalue weighted by atomic mass is 10.0. The van der Waals surface area contributed by atoms with E-state index in [0.717, 1.165) is 6.61 Å². The first kappa shape index (κ1) is 19.9. The third-order valence-corrected chi connectivity index (χ3v) is 3.90. The molecule has 3 nitrogen and oxygen atoms in total. The van der Waals surface area contributed by atoms with Crippen LogP contribution in [0.3, 0.4) is 0 Å². The molecule has 0 aliphatic carbocycles. The van der Waals surface area contributed by atoms with Crippen molar-refractivity contribution in [2.75, 3.05) is 19.8 Å². The summed E-state index contributed by atoms with van der Waals surface area (Å²) in [6, 6.07) is 0.484. The van der Waals surface area contributed by atoms with Crippen molar-refractivity contribution in [2.45, 2.75) is 84.8 Å². The lowest BCUT2D eigenvalue weighted by Crippen LogP contribution is -2.36. The van der Waals surface area contributed by atoms with Gasteiger partial charge in [-0.15, -0.1) is 0 Å². The Balaban J connectivity index is 3.58. The molecule has 0 saturated heterocycles. The van der Waals surface area contributed by atoms with Crippen LogP contribution < -0.4 is 5.32 Å². The minimum atomic E-state index is -0.386. The van der Waals surface area contributed by atoms with Gasteiger partial charge in [0, 0.05) is 19.2 Å². The molecule has 0 aromatic carbocycles. The fourth-order valence-electron chi connectivity index (χ4n) is 2.28. The van der Waals surface area contributed by atoms with E-state index in [0.29, 0.717) is 25.1 Å². The number of unbranched alkanes of at least 4 members (excludes halogenated alkanes) is 2. The molecule has 3 atom stereocenters. The van der Waals surface area contributed by atoms with Crippen molar-refractivity contribution < 1.29 is 9.84 Å². The SMILES string of the molecule is CCCCC(CC)COCC(O)CNC(C)CCCC. The molecule has 20 heavy (non-hydrogen) atoms. The molecular weight excluding hydrogens is 250 g/mol. The molecule has 3 heteroatoms. The molecule has 122 valence electrons. The highest BCUT2D eigenvalue weighted by atomic mass is 16.5. The summed E-state index contributed by atoms with van der Waals surface area (Å²) in [5.41, 5.74) is 0. The average molecular weight is 287 g/mol. The standard InChI is InChI=1S/C17H37NO2/c1-5-8-10-15(4)18-12-17(19)14-20-13-16(7-3)11-9-6-2/h15-19H,5-14H2,1-4H3. The van der Waals surface area contributed by atoms with Gasteiger partial charge >= 0.3 is 0 Å². The molecule has 0 aliphatic heterocycles. The second-order valence-electron chi connectivity index (χ2n) is 6.06. The zero-order valence-corrected chi connectivity index (χ0v) is 14.2. The highest BCUT2D eigenvalue weighted by Gasteiger charge is 2.10. The van der Waals surface area contributed by atoms with Crippen LogP contribution in [0.15, 0.2) is 0 Å². The van der Waals surface area contributed by atoms with Gasteiger partial charge in [-0.05, 0) is 25.7 Å². The highest BCUT2D eigenvalue weighted by molar-refractivity contribution is 4.65. The first-order chi connectivity index (χ1) is 9.63. The van der Waals surface area contributed by atoms with E-state index in [1.165, 1.54) is 44.9 Å². The van der Waals surface area contributed by atoms with E-state index in [9.17, 15) is 5.11 Å². The predicted octanol–water partition coefficient (Wildman–Crippen LogP) is 3.75. The van der Waals surface area contributed by atoms with Crippen molar-refractivity contribution in [3.63, 3.8) is 0 Å². The quantitative estimate of drug-likeness (QED) is 0.511. The molecule has 0 rings (SSSR count). The summed E-state index contributed by atoms with van der Waals surface area (Å²) in [4.78, 5) is 0. The summed E-state index contributed by atoms with van der Waals surface area (Å²) < 4.78 is 5.67. The normalized spacial score (nSPS) is 16.1. The Morgan fingerprint density at radius 2 is 1.65 bits per heavy atom. The second-order valence-corrected chi connectivity index (χ2v) is 6.06. The summed E-state index contributed by atoms with van der Waals surface area (Å²) in [5, 5.41) is 13.3. The van der Waals surface area contributed by atoms with Gasteiger partial charge in [0.15, 0.2) is 0 Å². The molecule has 0 amide bonds. The van der Waals surface area contributed by atoms with Crippen molar-refractivity contribution in [1.82, 2.24) is 5.32 Å². The Labute approximate surface area is 126 Å². The first-order valence-corrected chi connectivity index (χ1v) is 8.63.